The van der Waals surface area contributed by atoms with Crippen LogP contribution in [0.3, 0.4) is 0 Å². The van der Waals surface area contributed by atoms with Crippen LogP contribution in [0, 0.1) is 0 Å². The lowest BCUT2D eigenvalue weighted by Crippen LogP contribution is -2.56. The molecule has 1 N–H and O–H groups in total. The molecule has 26 heavy (non-hydrogen) atoms. The van der Waals surface area contributed by atoms with Gasteiger partial charge in [0.15, 0.2) is 0 Å². The fourth-order valence-corrected chi connectivity index (χ4v) is 3.95. The van der Waals surface area contributed by atoms with E-state index < -0.39 is 5.97 Å². The zero-order valence-electron chi connectivity index (χ0n) is 15.6. The van der Waals surface area contributed by atoms with Crippen LogP contribution in [-0.2, 0) is 13.0 Å². The van der Waals surface area contributed by atoms with Crippen molar-refractivity contribution in [2.75, 3.05) is 19.6 Å². The maximum atomic E-state index is 11.0. The monoisotopic (exact) mass is 352 g/mol. The molecule has 0 bridgehead atoms. The summed E-state index contributed by atoms with van der Waals surface area (Å²) >= 11 is 0. The van der Waals surface area contributed by atoms with Gasteiger partial charge >= 0.3 is 5.97 Å². The highest BCUT2D eigenvalue weighted by atomic mass is 16.4. The van der Waals surface area contributed by atoms with Gasteiger partial charge in [0.25, 0.3) is 0 Å². The molecule has 1 fully saturated rings. The second-order valence-corrected chi connectivity index (χ2v) is 7.37. The summed E-state index contributed by atoms with van der Waals surface area (Å²) in [7, 11) is 0. The summed E-state index contributed by atoms with van der Waals surface area (Å²) in [4.78, 5) is 16.1. The van der Waals surface area contributed by atoms with Gasteiger partial charge in [-0.3, -0.25) is 9.80 Å². The molecule has 3 rings (SSSR count). The molecule has 4 nitrogen and oxygen atoms in total. The number of hydrogen-bond donors (Lipinski definition) is 1. The van der Waals surface area contributed by atoms with E-state index >= 15 is 0 Å². The Bertz CT molecular complexity index is 703. The third-order valence-electron chi connectivity index (χ3n) is 5.29. The normalized spacial score (nSPS) is 21.6. The maximum absolute atomic E-state index is 11.0. The van der Waals surface area contributed by atoms with E-state index in [9.17, 15) is 4.79 Å². The van der Waals surface area contributed by atoms with Gasteiger partial charge < -0.3 is 5.11 Å². The van der Waals surface area contributed by atoms with Gasteiger partial charge in [-0.1, -0.05) is 42.5 Å². The van der Waals surface area contributed by atoms with E-state index in [-0.39, 0.29) is 0 Å². The van der Waals surface area contributed by atoms with Crippen LogP contribution in [0.2, 0.25) is 0 Å². The highest BCUT2D eigenvalue weighted by molar-refractivity contribution is 5.87. The molecular formula is C22H28N2O2. The average Bonchev–Trinajstić information content (AvgIpc) is 2.62. The van der Waals surface area contributed by atoms with E-state index in [1.807, 2.05) is 12.1 Å². The molecule has 0 aromatic heterocycles. The van der Waals surface area contributed by atoms with Crippen LogP contribution in [-0.4, -0.2) is 52.6 Å². The second kappa shape index (κ2) is 8.47. The number of hydrogen-bond acceptors (Lipinski definition) is 3. The lowest BCUT2D eigenvalue weighted by Gasteiger charge is -2.44. The molecular weight excluding hydrogens is 324 g/mol. The van der Waals surface area contributed by atoms with Crippen molar-refractivity contribution in [3.05, 3.63) is 71.3 Å². The van der Waals surface area contributed by atoms with Crippen LogP contribution in [0.5, 0.6) is 0 Å². The van der Waals surface area contributed by atoms with Crippen molar-refractivity contribution >= 4 is 5.97 Å². The number of aromatic carboxylic acids is 1. The molecule has 1 aliphatic rings. The number of piperazine rings is 1. The van der Waals surface area contributed by atoms with Gasteiger partial charge in [-0.2, -0.15) is 0 Å². The Balaban J connectivity index is 1.54. The first-order chi connectivity index (χ1) is 12.5. The summed E-state index contributed by atoms with van der Waals surface area (Å²) in [5, 5.41) is 9.01. The molecule has 2 atom stereocenters. The van der Waals surface area contributed by atoms with Gasteiger partial charge in [-0.15, -0.1) is 0 Å². The average molecular weight is 352 g/mol. The molecule has 0 amide bonds. The predicted octanol–water partition coefficient (Wildman–Crippen LogP) is 3.52. The van der Waals surface area contributed by atoms with E-state index in [2.05, 4.69) is 54.0 Å². The Morgan fingerprint density at radius 3 is 2.15 bits per heavy atom. The van der Waals surface area contributed by atoms with Crippen molar-refractivity contribution in [3.63, 3.8) is 0 Å². The fourth-order valence-electron chi connectivity index (χ4n) is 3.95. The number of carbonyl (C=O) groups is 1. The number of nitrogens with zero attached hydrogens (tertiary/aromatic N) is 2. The van der Waals surface area contributed by atoms with E-state index in [0.29, 0.717) is 17.6 Å². The third-order valence-corrected chi connectivity index (χ3v) is 5.29. The minimum atomic E-state index is -0.870. The molecule has 2 aromatic carbocycles. The smallest absolute Gasteiger partial charge is 0.335 e. The Kier molecular flexibility index (Phi) is 6.07. The lowest BCUT2D eigenvalue weighted by molar-refractivity contribution is 0.0359. The first-order valence-electron chi connectivity index (χ1n) is 9.37. The van der Waals surface area contributed by atoms with E-state index in [4.69, 9.17) is 5.11 Å². The summed E-state index contributed by atoms with van der Waals surface area (Å²) in [5.41, 5.74) is 2.92. The number of carboxylic acid groups (broad SMARTS) is 1. The van der Waals surface area contributed by atoms with Gasteiger partial charge in [0.1, 0.15) is 0 Å². The molecule has 0 saturated carbocycles. The highest BCUT2D eigenvalue weighted by Crippen LogP contribution is 2.19. The van der Waals surface area contributed by atoms with Crippen molar-refractivity contribution in [2.45, 2.75) is 38.9 Å². The first-order valence-corrected chi connectivity index (χ1v) is 9.37. The van der Waals surface area contributed by atoms with Gasteiger partial charge in [-0.25, -0.2) is 4.79 Å². The second-order valence-electron chi connectivity index (χ2n) is 7.37. The standard InChI is InChI=1S/C22H28N2O2/c1-17-14-23(16-20-8-10-21(11-9-20)22(25)26)15-18(2)24(17)13-12-19-6-4-3-5-7-19/h3-11,17-18H,12-16H2,1-2H3,(H,25,26)/t17-,18+. The Morgan fingerprint density at radius 1 is 0.962 bits per heavy atom. The van der Waals surface area contributed by atoms with E-state index in [1.165, 1.54) is 11.1 Å². The van der Waals surface area contributed by atoms with Gasteiger partial charge in [0.2, 0.25) is 0 Å². The fraction of sp³-hybridized carbons (Fsp3) is 0.409. The first kappa shape index (κ1) is 18.6. The van der Waals surface area contributed by atoms with Crippen LogP contribution in [0.4, 0.5) is 0 Å². The largest absolute Gasteiger partial charge is 0.478 e. The van der Waals surface area contributed by atoms with Crippen LogP contribution >= 0.6 is 0 Å². The van der Waals surface area contributed by atoms with Gasteiger partial charge in [0.05, 0.1) is 5.56 Å². The molecule has 138 valence electrons. The molecule has 1 aliphatic heterocycles. The Hall–Kier alpha value is -2.17. The molecule has 4 heteroatoms. The summed E-state index contributed by atoms with van der Waals surface area (Å²) in [6, 6.07) is 19.0. The summed E-state index contributed by atoms with van der Waals surface area (Å²) in [6.45, 7) is 8.66. The van der Waals surface area contributed by atoms with Crippen molar-refractivity contribution in [1.82, 2.24) is 9.80 Å². The van der Waals surface area contributed by atoms with E-state index in [1.54, 1.807) is 12.1 Å². The molecule has 2 aromatic rings. The van der Waals surface area contributed by atoms with Crippen LogP contribution in [0.15, 0.2) is 54.6 Å². The van der Waals surface area contributed by atoms with Crippen molar-refractivity contribution in [1.29, 1.82) is 0 Å². The zero-order valence-corrected chi connectivity index (χ0v) is 15.6. The molecule has 0 spiro atoms. The summed E-state index contributed by atoms with van der Waals surface area (Å²) < 4.78 is 0. The molecule has 1 heterocycles. The topological polar surface area (TPSA) is 43.8 Å². The third kappa shape index (κ3) is 4.71. The predicted molar refractivity (Wildman–Crippen MR) is 104 cm³/mol. The van der Waals surface area contributed by atoms with Crippen molar-refractivity contribution in [2.24, 2.45) is 0 Å². The van der Waals surface area contributed by atoms with Crippen LogP contribution in [0.1, 0.15) is 35.3 Å². The van der Waals surface area contributed by atoms with Gasteiger partial charge in [-0.05, 0) is 43.5 Å². The molecule has 0 aliphatic carbocycles. The maximum Gasteiger partial charge on any atom is 0.335 e. The minimum absolute atomic E-state index is 0.348. The highest BCUT2D eigenvalue weighted by Gasteiger charge is 2.28. The lowest BCUT2D eigenvalue weighted by atomic mass is 10.0. The summed E-state index contributed by atoms with van der Waals surface area (Å²) in [6.07, 6.45) is 1.09. The van der Waals surface area contributed by atoms with Crippen molar-refractivity contribution < 1.29 is 9.90 Å². The molecule has 1 saturated heterocycles. The molecule has 0 radical (unpaired) electrons. The Labute approximate surface area is 156 Å². The number of rotatable bonds is 6. The zero-order chi connectivity index (χ0) is 18.5. The van der Waals surface area contributed by atoms with Crippen LogP contribution in [0.25, 0.3) is 0 Å². The minimum Gasteiger partial charge on any atom is -0.478 e. The quantitative estimate of drug-likeness (QED) is 0.864. The molecule has 0 unspecified atom stereocenters. The number of carboxylic acids is 1. The van der Waals surface area contributed by atoms with Gasteiger partial charge in [0, 0.05) is 38.3 Å². The van der Waals surface area contributed by atoms with Crippen LogP contribution < -0.4 is 0 Å². The summed E-state index contributed by atoms with van der Waals surface area (Å²) in [5.74, 6) is -0.870. The van der Waals surface area contributed by atoms with Crippen molar-refractivity contribution in [3.8, 4) is 0 Å². The number of benzene rings is 2. The SMILES string of the molecule is C[C@@H]1CN(Cc2ccc(C(=O)O)cc2)C[C@H](C)N1CCc1ccccc1. The Morgan fingerprint density at radius 2 is 1.58 bits per heavy atom. The van der Waals surface area contributed by atoms with E-state index in [0.717, 1.165) is 32.6 Å².